The van der Waals surface area contributed by atoms with E-state index in [9.17, 15) is 26.7 Å². The molecule has 0 unspecified atom stereocenters. The number of carbonyl (C=O) groups excluding carboxylic acids is 1. The van der Waals surface area contributed by atoms with Crippen LogP contribution in [0.3, 0.4) is 0 Å². The van der Waals surface area contributed by atoms with Gasteiger partial charge >= 0.3 is 12.1 Å². The first-order valence-corrected chi connectivity index (χ1v) is 5.02. The minimum atomic E-state index is -5.97. The molecular weight excluding hydrogens is 273 g/mol. The number of ketones is 1. The zero-order chi connectivity index (χ0) is 14.4. The summed E-state index contributed by atoms with van der Waals surface area (Å²) in [7, 11) is 0. The van der Waals surface area contributed by atoms with Crippen LogP contribution < -0.4 is 0 Å². The summed E-state index contributed by atoms with van der Waals surface area (Å²) in [4.78, 5) is 15.2. The molecule has 1 aliphatic carbocycles. The summed E-state index contributed by atoms with van der Waals surface area (Å²) in [5.74, 6) is -8.83. The lowest BCUT2D eigenvalue weighted by Crippen LogP contribution is -2.39. The second-order valence-electron chi connectivity index (χ2n) is 3.92. The van der Waals surface area contributed by atoms with Crippen molar-refractivity contribution in [2.45, 2.75) is 18.5 Å². The van der Waals surface area contributed by atoms with E-state index in [-0.39, 0.29) is 11.3 Å². The number of carbonyl (C=O) groups is 1. The Morgan fingerprint density at radius 1 is 1.26 bits per heavy atom. The molecule has 3 nitrogen and oxygen atoms in total. The first-order chi connectivity index (χ1) is 8.66. The zero-order valence-electron chi connectivity index (χ0n) is 9.13. The third-order valence-electron chi connectivity index (χ3n) is 2.69. The molecule has 1 N–H and O–H groups in total. The molecule has 0 fully saturated rings. The van der Waals surface area contributed by atoms with Gasteiger partial charge in [0.15, 0.2) is 5.76 Å². The molecule has 0 saturated heterocycles. The highest BCUT2D eigenvalue weighted by atomic mass is 19.4. The number of hydrogen-bond acceptors (Lipinski definition) is 3. The van der Waals surface area contributed by atoms with Crippen LogP contribution in [0.15, 0.2) is 29.7 Å². The van der Waals surface area contributed by atoms with E-state index in [1.165, 1.54) is 18.3 Å². The predicted octanol–water partition coefficient (Wildman–Crippen LogP) is 2.83. The first-order valence-electron chi connectivity index (χ1n) is 5.02. The second kappa shape index (κ2) is 4.01. The van der Waals surface area contributed by atoms with Crippen LogP contribution in [0.5, 0.6) is 0 Å². The van der Waals surface area contributed by atoms with Crippen molar-refractivity contribution in [3.8, 4) is 0 Å². The standard InChI is InChI=1S/C11H6F5NO2/c12-10(13,11(14,15)16)9(19)6-4-5-2-1-3-17-7(5)8(6)18/h1-3,19H,4H2/b9-6-. The third-order valence-corrected chi connectivity index (χ3v) is 2.69. The number of aliphatic hydroxyl groups excluding tert-OH is 1. The van der Waals surface area contributed by atoms with Gasteiger partial charge in [-0.15, -0.1) is 0 Å². The highest BCUT2D eigenvalue weighted by Crippen LogP contribution is 2.42. The van der Waals surface area contributed by atoms with Crippen LogP contribution in [-0.2, 0) is 6.42 Å². The van der Waals surface area contributed by atoms with Gasteiger partial charge in [-0.05, 0) is 11.6 Å². The van der Waals surface area contributed by atoms with Crippen LogP contribution in [0.1, 0.15) is 16.1 Å². The molecule has 0 atom stereocenters. The van der Waals surface area contributed by atoms with E-state index >= 15 is 0 Å². The molecule has 0 aliphatic heterocycles. The molecule has 1 aliphatic rings. The average Bonchev–Trinajstić information content (AvgIpc) is 2.65. The molecule has 0 radical (unpaired) electrons. The fourth-order valence-electron chi connectivity index (χ4n) is 1.71. The number of aromatic nitrogens is 1. The number of rotatable bonds is 1. The van der Waals surface area contributed by atoms with Gasteiger partial charge in [0.25, 0.3) is 0 Å². The SMILES string of the molecule is O=C1/C(=C(\O)C(F)(F)C(F)(F)F)Cc2cccnc21. The molecule has 0 spiro atoms. The summed E-state index contributed by atoms with van der Waals surface area (Å²) in [6.07, 6.45) is -5.26. The Hall–Kier alpha value is -1.99. The molecule has 1 heterocycles. The summed E-state index contributed by atoms with van der Waals surface area (Å²) >= 11 is 0. The number of nitrogens with zero attached hydrogens (tertiary/aromatic N) is 1. The Bertz CT molecular complexity index is 577. The van der Waals surface area contributed by atoms with Crippen LogP contribution >= 0.6 is 0 Å². The van der Waals surface area contributed by atoms with Crippen molar-refractivity contribution in [1.29, 1.82) is 0 Å². The molecule has 102 valence electrons. The van der Waals surface area contributed by atoms with Gasteiger partial charge in [-0.1, -0.05) is 6.07 Å². The lowest BCUT2D eigenvalue weighted by Gasteiger charge is -2.19. The predicted molar refractivity (Wildman–Crippen MR) is 52.9 cm³/mol. The van der Waals surface area contributed by atoms with Crippen LogP contribution in [-0.4, -0.2) is 28.0 Å². The molecule has 0 bridgehead atoms. The highest BCUT2D eigenvalue weighted by Gasteiger charge is 2.62. The van der Waals surface area contributed by atoms with Crippen molar-refractivity contribution >= 4 is 5.78 Å². The maximum atomic E-state index is 13.0. The lowest BCUT2D eigenvalue weighted by atomic mass is 10.1. The van der Waals surface area contributed by atoms with Crippen LogP contribution in [0.4, 0.5) is 22.0 Å². The van der Waals surface area contributed by atoms with E-state index in [0.29, 0.717) is 0 Å². The third kappa shape index (κ3) is 1.96. The molecule has 0 amide bonds. The Morgan fingerprint density at radius 3 is 2.42 bits per heavy atom. The average molecular weight is 279 g/mol. The number of halogens is 5. The molecule has 0 saturated carbocycles. The van der Waals surface area contributed by atoms with Gasteiger partial charge in [-0.3, -0.25) is 9.78 Å². The number of fused-ring (bicyclic) bond motifs is 1. The quantitative estimate of drug-likeness (QED) is 0.488. The normalized spacial score (nSPS) is 18.5. The lowest BCUT2D eigenvalue weighted by molar-refractivity contribution is -0.274. The Kier molecular flexibility index (Phi) is 2.83. The van der Waals surface area contributed by atoms with Crippen molar-refractivity contribution in [3.63, 3.8) is 0 Å². The van der Waals surface area contributed by atoms with Crippen LogP contribution in [0.2, 0.25) is 0 Å². The molecule has 8 heteroatoms. The Labute approximate surface area is 103 Å². The van der Waals surface area contributed by atoms with Gasteiger partial charge in [-0.2, -0.15) is 22.0 Å². The Morgan fingerprint density at radius 2 is 1.89 bits per heavy atom. The second-order valence-corrected chi connectivity index (χ2v) is 3.92. The molecule has 1 aromatic rings. The zero-order valence-corrected chi connectivity index (χ0v) is 9.13. The van der Waals surface area contributed by atoms with Gasteiger partial charge in [0, 0.05) is 12.6 Å². The van der Waals surface area contributed by atoms with Crippen molar-refractivity contribution < 1.29 is 31.9 Å². The number of allylic oxidation sites excluding steroid dienone is 2. The topological polar surface area (TPSA) is 50.2 Å². The van der Waals surface area contributed by atoms with Crippen molar-refractivity contribution in [1.82, 2.24) is 4.98 Å². The number of pyridine rings is 1. The number of alkyl halides is 5. The van der Waals surface area contributed by atoms with Gasteiger partial charge in [-0.25, -0.2) is 0 Å². The molecule has 0 aromatic carbocycles. The molecule has 1 aromatic heterocycles. The summed E-state index contributed by atoms with van der Waals surface area (Å²) < 4.78 is 62.3. The fourth-order valence-corrected chi connectivity index (χ4v) is 1.71. The van der Waals surface area contributed by atoms with Crippen molar-refractivity contribution in [2.24, 2.45) is 0 Å². The van der Waals surface area contributed by atoms with E-state index in [4.69, 9.17) is 5.11 Å². The summed E-state index contributed by atoms with van der Waals surface area (Å²) in [5.41, 5.74) is -0.995. The fraction of sp³-hybridized carbons (Fsp3) is 0.273. The van der Waals surface area contributed by atoms with Gasteiger partial charge < -0.3 is 5.11 Å². The van der Waals surface area contributed by atoms with E-state index < -0.39 is 35.6 Å². The van der Waals surface area contributed by atoms with Crippen LogP contribution in [0.25, 0.3) is 0 Å². The first kappa shape index (κ1) is 13.4. The summed E-state index contributed by atoms with van der Waals surface area (Å²) in [5, 5.41) is 9.12. The van der Waals surface area contributed by atoms with Gasteiger partial charge in [0.2, 0.25) is 5.78 Å². The van der Waals surface area contributed by atoms with Crippen molar-refractivity contribution in [3.05, 3.63) is 40.9 Å². The van der Waals surface area contributed by atoms with Crippen molar-refractivity contribution in [2.75, 3.05) is 0 Å². The summed E-state index contributed by atoms with van der Waals surface area (Å²) in [6, 6.07) is 2.78. The molecule has 2 rings (SSSR count). The number of hydrogen-bond donors (Lipinski definition) is 1. The summed E-state index contributed by atoms with van der Waals surface area (Å²) in [6.45, 7) is 0. The largest absolute Gasteiger partial charge is 0.506 e. The van der Waals surface area contributed by atoms with Crippen LogP contribution in [0, 0.1) is 0 Å². The van der Waals surface area contributed by atoms with E-state index in [1.54, 1.807) is 0 Å². The highest BCUT2D eigenvalue weighted by molar-refractivity contribution is 6.12. The smallest absolute Gasteiger partial charge is 0.461 e. The molecular formula is C11H6F5NO2. The number of Topliss-reactive ketones (excluding diaryl/α,β-unsaturated/α-hetero) is 1. The maximum absolute atomic E-state index is 13.0. The van der Waals surface area contributed by atoms with E-state index in [0.717, 1.165) is 0 Å². The van der Waals surface area contributed by atoms with E-state index in [2.05, 4.69) is 4.98 Å². The minimum absolute atomic E-state index is 0.201. The minimum Gasteiger partial charge on any atom is -0.506 e. The van der Waals surface area contributed by atoms with E-state index in [1.807, 2.05) is 0 Å². The van der Waals surface area contributed by atoms with Gasteiger partial charge in [0.1, 0.15) is 5.69 Å². The molecule has 19 heavy (non-hydrogen) atoms. The Balaban J connectivity index is 2.50. The number of aliphatic hydroxyl groups is 1. The van der Waals surface area contributed by atoms with Gasteiger partial charge in [0.05, 0.1) is 5.57 Å². The monoisotopic (exact) mass is 279 g/mol. The maximum Gasteiger partial charge on any atom is 0.461 e.